The molecule has 2 heterocycles. The van der Waals surface area contributed by atoms with Gasteiger partial charge in [-0.05, 0) is 6.42 Å². The third-order valence-corrected chi connectivity index (χ3v) is 4.32. The van der Waals surface area contributed by atoms with Crippen molar-refractivity contribution in [3.8, 4) is 0 Å². The summed E-state index contributed by atoms with van der Waals surface area (Å²) in [5.74, 6) is -0.747. The highest BCUT2D eigenvalue weighted by Gasteiger charge is 2.42. The van der Waals surface area contributed by atoms with Crippen molar-refractivity contribution in [3.05, 3.63) is 12.2 Å². The highest BCUT2D eigenvalue weighted by molar-refractivity contribution is 8.14. The summed E-state index contributed by atoms with van der Waals surface area (Å²) in [5, 5.41) is 10.7. The quantitative estimate of drug-likeness (QED) is 0.256. The molecular formula is C13H19BN4O4S. The molecule has 10 heteroatoms. The van der Waals surface area contributed by atoms with Gasteiger partial charge in [0.15, 0.2) is 5.17 Å². The molecule has 0 radical (unpaired) electrons. The van der Waals surface area contributed by atoms with Crippen LogP contribution in [0.1, 0.15) is 12.8 Å². The summed E-state index contributed by atoms with van der Waals surface area (Å²) in [4.78, 5) is 25.4. The number of hydrogen-bond acceptors (Lipinski definition) is 7. The Bertz CT molecular complexity index is 540. The van der Waals surface area contributed by atoms with Crippen LogP contribution in [0.3, 0.4) is 0 Å². The van der Waals surface area contributed by atoms with Crippen LogP contribution in [-0.4, -0.2) is 67.7 Å². The maximum Gasteiger partial charge on any atom is 0.552 e. The summed E-state index contributed by atoms with van der Waals surface area (Å²) in [7, 11) is 2.86. The van der Waals surface area contributed by atoms with Gasteiger partial charge in [0.2, 0.25) is 5.91 Å². The van der Waals surface area contributed by atoms with Crippen LogP contribution in [0.5, 0.6) is 0 Å². The van der Waals surface area contributed by atoms with Gasteiger partial charge in [-0.25, -0.2) is 0 Å². The first-order valence-corrected chi connectivity index (χ1v) is 8.13. The van der Waals surface area contributed by atoms with Crippen LogP contribution in [0.25, 0.3) is 0 Å². The van der Waals surface area contributed by atoms with Crippen LogP contribution < -0.4 is 5.32 Å². The molecule has 1 amide bonds. The summed E-state index contributed by atoms with van der Waals surface area (Å²) in [6.45, 7) is 3.30. The van der Waals surface area contributed by atoms with Gasteiger partial charge >= 0.3 is 7.12 Å². The van der Waals surface area contributed by atoms with Gasteiger partial charge in [0.1, 0.15) is 0 Å². The van der Waals surface area contributed by atoms with E-state index in [4.69, 9.17) is 9.31 Å². The lowest BCUT2D eigenvalue weighted by molar-refractivity contribution is -0.141. The average molecular weight is 338 g/mol. The monoisotopic (exact) mass is 338 g/mol. The van der Waals surface area contributed by atoms with E-state index in [0.717, 1.165) is 0 Å². The fourth-order valence-electron chi connectivity index (χ4n) is 2.18. The number of hydrogen-bond donors (Lipinski definition) is 1. The molecule has 0 aromatic heterocycles. The fraction of sp³-hybridized carbons (Fsp3) is 0.538. The summed E-state index contributed by atoms with van der Waals surface area (Å²) >= 11 is 1.24. The number of amidine groups is 1. The molecule has 2 aliphatic heterocycles. The number of carbonyl (C=O) groups excluding carboxylic acids is 2. The molecule has 0 saturated carbocycles. The molecule has 2 atom stereocenters. The zero-order chi connectivity index (χ0) is 16.8. The van der Waals surface area contributed by atoms with Gasteiger partial charge in [-0.1, -0.05) is 23.9 Å². The fourth-order valence-corrected chi connectivity index (χ4v) is 2.90. The minimum absolute atomic E-state index is 0.164. The predicted octanol–water partition coefficient (Wildman–Crippen LogP) is 0.0570. The van der Waals surface area contributed by atoms with Crippen molar-refractivity contribution in [2.75, 3.05) is 19.8 Å². The first kappa shape index (κ1) is 17.5. The van der Waals surface area contributed by atoms with Crippen molar-refractivity contribution in [1.82, 2.24) is 10.2 Å². The minimum Gasteiger partial charge on any atom is -0.508 e. The Morgan fingerprint density at radius 3 is 3.09 bits per heavy atom. The molecule has 0 aliphatic carbocycles. The molecule has 2 bridgehead atoms. The van der Waals surface area contributed by atoms with Crippen molar-refractivity contribution in [3.63, 3.8) is 0 Å². The first-order chi connectivity index (χ1) is 11.0. The summed E-state index contributed by atoms with van der Waals surface area (Å²) < 4.78 is 10.8. The SMILES string of the molecule is C=N/N=C(/SCC(=O)N[C@H]1CC=C[C@@H]2CC(=O)OB1O2)N(C)C. The number of rotatable bonds is 4. The van der Waals surface area contributed by atoms with E-state index in [0.29, 0.717) is 11.6 Å². The van der Waals surface area contributed by atoms with E-state index in [1.54, 1.807) is 19.0 Å². The van der Waals surface area contributed by atoms with Gasteiger partial charge in [0.05, 0.1) is 24.2 Å². The lowest BCUT2D eigenvalue weighted by atomic mass is 9.75. The van der Waals surface area contributed by atoms with Crippen LogP contribution in [0.2, 0.25) is 0 Å². The standard InChI is InChI=1S/C13H19BN4O4S/c1-15-17-13(18(2)3)23-8-11(19)16-10-6-4-5-9-7-12(20)22-14(10)21-9/h4-5,9-10H,1,6-8H2,2-3H3,(H,16,19)/b17-13+/t9-,10+/m1/s1. The van der Waals surface area contributed by atoms with E-state index < -0.39 is 13.1 Å². The normalized spacial score (nSPS) is 23.8. The van der Waals surface area contributed by atoms with Crippen LogP contribution in [0, 0.1) is 0 Å². The molecule has 0 aromatic carbocycles. The molecule has 2 rings (SSSR count). The Hall–Kier alpha value is -1.81. The molecular weight excluding hydrogens is 319 g/mol. The molecule has 1 fully saturated rings. The third-order valence-electron chi connectivity index (χ3n) is 3.21. The zero-order valence-corrected chi connectivity index (χ0v) is 13.9. The maximum absolute atomic E-state index is 12.1. The smallest absolute Gasteiger partial charge is 0.508 e. The van der Waals surface area contributed by atoms with E-state index >= 15 is 0 Å². The molecule has 2 aliphatic rings. The topological polar surface area (TPSA) is 92.6 Å². The second-order valence-electron chi connectivity index (χ2n) is 5.28. The molecule has 124 valence electrons. The van der Waals surface area contributed by atoms with E-state index in [2.05, 4.69) is 22.2 Å². The second kappa shape index (κ2) is 8.16. The third kappa shape index (κ3) is 5.10. The Balaban J connectivity index is 1.89. The predicted molar refractivity (Wildman–Crippen MR) is 90.2 cm³/mol. The van der Waals surface area contributed by atoms with Gasteiger partial charge in [0.25, 0.3) is 5.97 Å². The highest BCUT2D eigenvalue weighted by atomic mass is 32.2. The molecule has 0 aromatic rings. The van der Waals surface area contributed by atoms with Gasteiger partial charge in [-0.2, -0.15) is 5.10 Å². The number of nitrogens with zero attached hydrogens (tertiary/aromatic N) is 3. The van der Waals surface area contributed by atoms with Gasteiger partial charge < -0.3 is 19.5 Å². The van der Waals surface area contributed by atoms with Crippen molar-refractivity contribution in [1.29, 1.82) is 0 Å². The number of nitrogens with one attached hydrogen (secondary N) is 1. The van der Waals surface area contributed by atoms with Crippen LogP contribution in [0.4, 0.5) is 0 Å². The lowest BCUT2D eigenvalue weighted by Gasteiger charge is -2.28. The van der Waals surface area contributed by atoms with Crippen molar-refractivity contribution >= 4 is 42.6 Å². The molecule has 1 N–H and O–H groups in total. The lowest BCUT2D eigenvalue weighted by Crippen LogP contribution is -2.53. The van der Waals surface area contributed by atoms with Crippen LogP contribution in [0.15, 0.2) is 22.4 Å². The number of amides is 1. The Labute approximate surface area is 139 Å². The summed E-state index contributed by atoms with van der Waals surface area (Å²) in [5.41, 5.74) is 0. The van der Waals surface area contributed by atoms with Gasteiger partial charge in [-0.15, -0.1) is 5.10 Å². The molecule has 0 spiro atoms. The van der Waals surface area contributed by atoms with Crippen molar-refractivity contribution < 1.29 is 18.9 Å². The molecule has 0 unspecified atom stereocenters. The van der Waals surface area contributed by atoms with E-state index in [1.165, 1.54) is 11.8 Å². The van der Waals surface area contributed by atoms with E-state index in [9.17, 15) is 9.59 Å². The average Bonchev–Trinajstić information content (AvgIpc) is 2.62. The van der Waals surface area contributed by atoms with Gasteiger partial charge in [-0.3, -0.25) is 9.59 Å². The number of fused-ring (bicyclic) bond motifs is 2. The van der Waals surface area contributed by atoms with Gasteiger partial charge in [0, 0.05) is 20.8 Å². The Kier molecular flexibility index (Phi) is 6.23. The first-order valence-electron chi connectivity index (χ1n) is 7.14. The Morgan fingerprint density at radius 1 is 1.61 bits per heavy atom. The van der Waals surface area contributed by atoms with E-state index in [-0.39, 0.29) is 30.2 Å². The maximum atomic E-state index is 12.1. The minimum atomic E-state index is -0.748. The van der Waals surface area contributed by atoms with Crippen LogP contribution >= 0.6 is 11.8 Å². The van der Waals surface area contributed by atoms with Crippen molar-refractivity contribution in [2.24, 2.45) is 10.2 Å². The largest absolute Gasteiger partial charge is 0.552 e. The molecule has 23 heavy (non-hydrogen) atoms. The van der Waals surface area contributed by atoms with Crippen LogP contribution in [-0.2, 0) is 18.9 Å². The number of carbonyl (C=O) groups is 2. The zero-order valence-electron chi connectivity index (χ0n) is 13.1. The number of thioether (sulfide) groups is 1. The van der Waals surface area contributed by atoms with Crippen molar-refractivity contribution in [2.45, 2.75) is 24.9 Å². The molecule has 1 saturated heterocycles. The summed E-state index contributed by atoms with van der Waals surface area (Å²) in [6, 6.07) is 0. The second-order valence-corrected chi connectivity index (χ2v) is 6.22. The molecule has 8 nitrogen and oxygen atoms in total. The highest BCUT2D eigenvalue weighted by Crippen LogP contribution is 2.20. The Morgan fingerprint density at radius 2 is 2.39 bits per heavy atom. The van der Waals surface area contributed by atoms with E-state index in [1.807, 2.05) is 12.2 Å². The summed E-state index contributed by atoms with van der Waals surface area (Å²) in [6.07, 6.45) is 4.22.